The summed E-state index contributed by atoms with van der Waals surface area (Å²) < 4.78 is 57.9. The van der Waals surface area contributed by atoms with Crippen molar-refractivity contribution in [1.29, 1.82) is 0 Å². The van der Waals surface area contributed by atoms with E-state index in [2.05, 4.69) is 5.32 Å². The summed E-state index contributed by atoms with van der Waals surface area (Å²) in [7, 11) is 0. The Balaban J connectivity index is 2.42. The molecule has 1 fully saturated rings. The molecule has 2 rings (SSSR count). The van der Waals surface area contributed by atoms with Crippen molar-refractivity contribution in [2.75, 3.05) is 19.8 Å². The van der Waals surface area contributed by atoms with E-state index in [0.717, 1.165) is 18.2 Å². The van der Waals surface area contributed by atoms with E-state index in [0.29, 0.717) is 26.2 Å². The molecule has 112 valence electrons. The first kappa shape index (κ1) is 15.3. The van der Waals surface area contributed by atoms with E-state index in [-0.39, 0.29) is 11.5 Å². The molecular weight excluding hydrogens is 274 g/mol. The molecule has 6 heteroatoms. The predicted molar refractivity (Wildman–Crippen MR) is 66.7 cm³/mol. The third-order valence-electron chi connectivity index (χ3n) is 3.51. The largest absolute Gasteiger partial charge is 0.416 e. The van der Waals surface area contributed by atoms with Crippen LogP contribution < -0.4 is 5.32 Å². The number of alkyl halides is 3. The SMILES string of the molecule is CCNC(c1cc(F)ccc1C(F)(F)F)C1CCOC1. The van der Waals surface area contributed by atoms with Crippen LogP contribution in [-0.4, -0.2) is 19.8 Å². The van der Waals surface area contributed by atoms with Crippen molar-refractivity contribution in [3.8, 4) is 0 Å². The van der Waals surface area contributed by atoms with E-state index in [9.17, 15) is 17.6 Å². The van der Waals surface area contributed by atoms with Gasteiger partial charge in [-0.25, -0.2) is 4.39 Å². The van der Waals surface area contributed by atoms with Gasteiger partial charge in [0.15, 0.2) is 0 Å². The number of halogens is 4. The van der Waals surface area contributed by atoms with Crippen molar-refractivity contribution >= 4 is 0 Å². The summed E-state index contributed by atoms with van der Waals surface area (Å²) in [5, 5.41) is 3.03. The zero-order valence-corrected chi connectivity index (χ0v) is 11.1. The minimum atomic E-state index is -4.49. The topological polar surface area (TPSA) is 21.3 Å². The lowest BCUT2D eigenvalue weighted by atomic mass is 9.89. The molecule has 0 bridgehead atoms. The Morgan fingerprint density at radius 3 is 2.70 bits per heavy atom. The number of benzene rings is 1. The van der Waals surface area contributed by atoms with Crippen LogP contribution in [0, 0.1) is 11.7 Å². The molecule has 1 aromatic rings. The van der Waals surface area contributed by atoms with Gasteiger partial charge in [-0.3, -0.25) is 0 Å². The molecule has 0 aliphatic carbocycles. The van der Waals surface area contributed by atoms with Crippen LogP contribution in [0.2, 0.25) is 0 Å². The van der Waals surface area contributed by atoms with Crippen molar-refractivity contribution in [3.63, 3.8) is 0 Å². The summed E-state index contributed by atoms with van der Waals surface area (Å²) >= 11 is 0. The minimum Gasteiger partial charge on any atom is -0.381 e. The number of hydrogen-bond acceptors (Lipinski definition) is 2. The first-order valence-electron chi connectivity index (χ1n) is 6.61. The van der Waals surface area contributed by atoms with Gasteiger partial charge in [0.2, 0.25) is 0 Å². The maximum absolute atomic E-state index is 13.4. The second-order valence-electron chi connectivity index (χ2n) is 4.89. The lowest BCUT2D eigenvalue weighted by Gasteiger charge is -2.26. The Morgan fingerprint density at radius 2 is 2.15 bits per heavy atom. The lowest BCUT2D eigenvalue weighted by Crippen LogP contribution is -2.30. The molecule has 0 saturated carbocycles. The summed E-state index contributed by atoms with van der Waals surface area (Å²) in [4.78, 5) is 0. The Morgan fingerprint density at radius 1 is 1.40 bits per heavy atom. The van der Waals surface area contributed by atoms with Crippen LogP contribution in [0.3, 0.4) is 0 Å². The van der Waals surface area contributed by atoms with Crippen LogP contribution in [0.4, 0.5) is 17.6 Å². The third-order valence-corrected chi connectivity index (χ3v) is 3.51. The molecule has 1 aliphatic rings. The van der Waals surface area contributed by atoms with Crippen LogP contribution >= 0.6 is 0 Å². The molecular formula is C14H17F4NO. The maximum Gasteiger partial charge on any atom is 0.416 e. The van der Waals surface area contributed by atoms with Crippen LogP contribution in [-0.2, 0) is 10.9 Å². The van der Waals surface area contributed by atoms with E-state index in [4.69, 9.17) is 4.74 Å². The van der Waals surface area contributed by atoms with Gasteiger partial charge in [-0.2, -0.15) is 13.2 Å². The van der Waals surface area contributed by atoms with Gasteiger partial charge in [0, 0.05) is 18.6 Å². The zero-order valence-electron chi connectivity index (χ0n) is 11.1. The summed E-state index contributed by atoms with van der Waals surface area (Å²) in [6.45, 7) is 3.25. The molecule has 2 nitrogen and oxygen atoms in total. The Hall–Kier alpha value is -1.14. The molecule has 0 radical (unpaired) electrons. The van der Waals surface area contributed by atoms with Crippen molar-refractivity contribution in [1.82, 2.24) is 5.32 Å². The van der Waals surface area contributed by atoms with Gasteiger partial charge in [0.1, 0.15) is 5.82 Å². The normalized spacial score (nSPS) is 21.1. The molecule has 20 heavy (non-hydrogen) atoms. The van der Waals surface area contributed by atoms with Crippen molar-refractivity contribution in [3.05, 3.63) is 35.1 Å². The van der Waals surface area contributed by atoms with Gasteiger partial charge >= 0.3 is 6.18 Å². The highest BCUT2D eigenvalue weighted by Gasteiger charge is 2.38. The van der Waals surface area contributed by atoms with Crippen LogP contribution in [0.25, 0.3) is 0 Å². The molecule has 0 spiro atoms. The second-order valence-corrected chi connectivity index (χ2v) is 4.89. The van der Waals surface area contributed by atoms with E-state index in [1.54, 1.807) is 0 Å². The Kier molecular flexibility index (Phi) is 4.65. The standard InChI is InChI=1S/C14H17F4NO/c1-2-19-13(9-5-6-20-8-9)11-7-10(15)3-4-12(11)14(16,17)18/h3-4,7,9,13,19H,2,5-6,8H2,1H3. The highest BCUT2D eigenvalue weighted by Crippen LogP contribution is 2.38. The van der Waals surface area contributed by atoms with Crippen molar-refractivity contribution in [2.45, 2.75) is 25.6 Å². The van der Waals surface area contributed by atoms with Gasteiger partial charge < -0.3 is 10.1 Å². The van der Waals surface area contributed by atoms with Crippen LogP contribution in [0.5, 0.6) is 0 Å². The number of hydrogen-bond donors (Lipinski definition) is 1. The predicted octanol–water partition coefficient (Wildman–Crippen LogP) is 3.53. The van der Waals surface area contributed by atoms with Crippen LogP contribution in [0.15, 0.2) is 18.2 Å². The number of ether oxygens (including phenoxy) is 1. The molecule has 0 aromatic heterocycles. The van der Waals surface area contributed by atoms with Gasteiger partial charge in [-0.05, 0) is 36.7 Å². The van der Waals surface area contributed by atoms with Crippen molar-refractivity contribution in [2.24, 2.45) is 5.92 Å². The quantitative estimate of drug-likeness (QED) is 0.857. The lowest BCUT2D eigenvalue weighted by molar-refractivity contribution is -0.138. The van der Waals surface area contributed by atoms with Gasteiger partial charge in [-0.15, -0.1) is 0 Å². The van der Waals surface area contributed by atoms with Gasteiger partial charge in [-0.1, -0.05) is 6.92 Å². The van der Waals surface area contributed by atoms with E-state index in [1.165, 1.54) is 0 Å². The molecule has 0 amide bonds. The third kappa shape index (κ3) is 3.30. The summed E-state index contributed by atoms with van der Waals surface area (Å²) in [6, 6.07) is 2.09. The summed E-state index contributed by atoms with van der Waals surface area (Å²) in [6.07, 6.45) is -3.82. The fraction of sp³-hybridized carbons (Fsp3) is 0.571. The fourth-order valence-corrected chi connectivity index (χ4v) is 2.62. The number of nitrogens with one attached hydrogen (secondary N) is 1. The van der Waals surface area contributed by atoms with E-state index >= 15 is 0 Å². The average molecular weight is 291 g/mol. The molecule has 1 N–H and O–H groups in total. The first-order valence-corrected chi connectivity index (χ1v) is 6.61. The molecule has 1 saturated heterocycles. The molecule has 2 atom stereocenters. The summed E-state index contributed by atoms with van der Waals surface area (Å²) in [5.41, 5.74) is -0.813. The summed E-state index contributed by atoms with van der Waals surface area (Å²) in [5.74, 6) is -0.729. The average Bonchev–Trinajstić information content (AvgIpc) is 2.87. The molecule has 1 aromatic carbocycles. The minimum absolute atomic E-state index is 0.0325. The fourth-order valence-electron chi connectivity index (χ4n) is 2.62. The molecule has 2 unspecified atom stereocenters. The number of rotatable bonds is 4. The highest BCUT2D eigenvalue weighted by molar-refractivity contribution is 5.33. The van der Waals surface area contributed by atoms with Crippen LogP contribution in [0.1, 0.15) is 30.5 Å². The van der Waals surface area contributed by atoms with E-state index < -0.39 is 23.6 Å². The maximum atomic E-state index is 13.4. The Bertz CT molecular complexity index is 455. The van der Waals surface area contributed by atoms with E-state index in [1.807, 2.05) is 6.92 Å². The monoisotopic (exact) mass is 291 g/mol. The van der Waals surface area contributed by atoms with Crippen molar-refractivity contribution < 1.29 is 22.3 Å². The molecule has 1 heterocycles. The Labute approximate surface area is 115 Å². The van der Waals surface area contributed by atoms with Gasteiger partial charge in [0.25, 0.3) is 0 Å². The zero-order chi connectivity index (χ0) is 14.8. The highest BCUT2D eigenvalue weighted by atomic mass is 19.4. The van der Waals surface area contributed by atoms with Gasteiger partial charge in [0.05, 0.1) is 12.2 Å². The molecule has 1 aliphatic heterocycles. The first-order chi connectivity index (χ1) is 9.43. The smallest absolute Gasteiger partial charge is 0.381 e. The second kappa shape index (κ2) is 6.10.